The fraction of sp³-hybridized carbons (Fsp3) is 0.263. The molecule has 8 heteroatoms. The Labute approximate surface area is 163 Å². The van der Waals surface area contributed by atoms with Crippen molar-refractivity contribution in [2.24, 2.45) is 0 Å². The third-order valence-electron chi connectivity index (χ3n) is 4.40. The van der Waals surface area contributed by atoms with Crippen molar-refractivity contribution in [3.8, 4) is 0 Å². The SMILES string of the molecule is Cc1cc(C)c2c(n1)sc1c(=O)n(CC(=O)N[C@H](C)c3cccs3)cnc12. The first-order chi connectivity index (χ1) is 12.9. The molecule has 0 unspecified atom stereocenters. The van der Waals surface area contributed by atoms with E-state index in [0.717, 1.165) is 26.4 Å². The number of nitrogens with one attached hydrogen (secondary N) is 1. The molecule has 0 aliphatic carbocycles. The molecule has 0 radical (unpaired) electrons. The van der Waals surface area contributed by atoms with Gasteiger partial charge in [0.25, 0.3) is 5.56 Å². The second-order valence-electron chi connectivity index (χ2n) is 6.52. The lowest BCUT2D eigenvalue weighted by Gasteiger charge is -2.12. The molecule has 0 bridgehead atoms. The van der Waals surface area contributed by atoms with Gasteiger partial charge in [-0.15, -0.1) is 22.7 Å². The molecule has 4 heterocycles. The lowest BCUT2D eigenvalue weighted by Crippen LogP contribution is -2.33. The number of aromatic nitrogens is 3. The van der Waals surface area contributed by atoms with Gasteiger partial charge in [0.1, 0.15) is 16.1 Å². The van der Waals surface area contributed by atoms with Gasteiger partial charge in [0.15, 0.2) is 0 Å². The van der Waals surface area contributed by atoms with Crippen LogP contribution in [0, 0.1) is 13.8 Å². The monoisotopic (exact) mass is 398 g/mol. The Kier molecular flexibility index (Phi) is 4.53. The van der Waals surface area contributed by atoms with Crippen LogP contribution in [0.25, 0.3) is 20.4 Å². The number of hydrogen-bond donors (Lipinski definition) is 1. The normalized spacial score (nSPS) is 12.6. The van der Waals surface area contributed by atoms with Crippen molar-refractivity contribution in [1.82, 2.24) is 19.9 Å². The molecule has 0 aliphatic heterocycles. The molecule has 0 aromatic carbocycles. The van der Waals surface area contributed by atoms with E-state index in [1.165, 1.54) is 22.2 Å². The van der Waals surface area contributed by atoms with E-state index in [-0.39, 0.29) is 24.1 Å². The fourth-order valence-corrected chi connectivity index (χ4v) is 5.10. The third kappa shape index (κ3) is 3.26. The van der Waals surface area contributed by atoms with Crippen molar-refractivity contribution in [2.45, 2.75) is 33.4 Å². The van der Waals surface area contributed by atoms with Crippen LogP contribution in [0.5, 0.6) is 0 Å². The molecule has 138 valence electrons. The van der Waals surface area contributed by atoms with E-state index in [2.05, 4.69) is 15.3 Å². The quantitative estimate of drug-likeness (QED) is 0.570. The molecule has 0 saturated carbocycles. The summed E-state index contributed by atoms with van der Waals surface area (Å²) in [7, 11) is 0. The number of amides is 1. The molecule has 4 aromatic rings. The Bertz CT molecular complexity index is 1210. The Balaban J connectivity index is 1.66. The van der Waals surface area contributed by atoms with E-state index in [1.807, 2.05) is 44.4 Å². The molecule has 0 spiro atoms. The number of rotatable bonds is 4. The summed E-state index contributed by atoms with van der Waals surface area (Å²) in [4.78, 5) is 36.1. The first-order valence-corrected chi connectivity index (χ1v) is 10.2. The van der Waals surface area contributed by atoms with Crippen molar-refractivity contribution in [3.63, 3.8) is 0 Å². The summed E-state index contributed by atoms with van der Waals surface area (Å²) < 4.78 is 1.89. The maximum absolute atomic E-state index is 12.9. The maximum Gasteiger partial charge on any atom is 0.271 e. The van der Waals surface area contributed by atoms with Crippen molar-refractivity contribution < 1.29 is 4.79 Å². The summed E-state index contributed by atoms with van der Waals surface area (Å²) in [6.45, 7) is 5.80. The number of carbonyl (C=O) groups is 1. The lowest BCUT2D eigenvalue weighted by molar-refractivity contribution is -0.122. The zero-order chi connectivity index (χ0) is 19.1. The number of fused-ring (bicyclic) bond motifs is 3. The van der Waals surface area contributed by atoms with Crippen LogP contribution in [0.15, 0.2) is 34.7 Å². The fourth-order valence-electron chi connectivity index (χ4n) is 3.16. The number of pyridine rings is 1. The van der Waals surface area contributed by atoms with E-state index in [4.69, 9.17) is 0 Å². The van der Waals surface area contributed by atoms with Gasteiger partial charge in [0.05, 0.1) is 17.9 Å². The summed E-state index contributed by atoms with van der Waals surface area (Å²) in [5, 5.41) is 5.81. The number of carbonyl (C=O) groups excluding carboxylic acids is 1. The highest BCUT2D eigenvalue weighted by Crippen LogP contribution is 2.31. The number of aryl methyl sites for hydroxylation is 2. The van der Waals surface area contributed by atoms with E-state index < -0.39 is 0 Å². The highest BCUT2D eigenvalue weighted by molar-refractivity contribution is 7.25. The van der Waals surface area contributed by atoms with E-state index >= 15 is 0 Å². The molecule has 4 rings (SSSR count). The molecule has 4 aromatic heterocycles. The molecule has 0 aliphatic rings. The standard InChI is InChI=1S/C19H18N4O2S2/c1-10-7-11(2)21-18-15(10)16-17(27-18)19(25)23(9-20-16)8-14(24)22-12(3)13-5-4-6-26-13/h4-7,9,12H,8H2,1-3H3,(H,22,24)/t12-/m1/s1. The predicted molar refractivity (Wildman–Crippen MR) is 110 cm³/mol. The van der Waals surface area contributed by atoms with Crippen LogP contribution in [0.4, 0.5) is 0 Å². The highest BCUT2D eigenvalue weighted by Gasteiger charge is 2.17. The van der Waals surface area contributed by atoms with Gasteiger partial charge in [-0.3, -0.25) is 14.2 Å². The maximum atomic E-state index is 12.9. The smallest absolute Gasteiger partial charge is 0.271 e. The first kappa shape index (κ1) is 17.8. The number of hydrogen-bond acceptors (Lipinski definition) is 6. The van der Waals surface area contributed by atoms with Crippen LogP contribution in [-0.2, 0) is 11.3 Å². The van der Waals surface area contributed by atoms with Crippen molar-refractivity contribution in [1.29, 1.82) is 0 Å². The second kappa shape index (κ2) is 6.86. The van der Waals surface area contributed by atoms with Crippen LogP contribution in [0.3, 0.4) is 0 Å². The minimum absolute atomic E-state index is 0.0584. The molecule has 1 N–H and O–H groups in total. The summed E-state index contributed by atoms with van der Waals surface area (Å²) in [5.41, 5.74) is 2.41. The molecule has 1 amide bonds. The Morgan fingerprint density at radius 3 is 2.93 bits per heavy atom. The van der Waals surface area contributed by atoms with Crippen LogP contribution in [0.2, 0.25) is 0 Å². The summed E-state index contributed by atoms with van der Waals surface area (Å²) in [5.74, 6) is -0.217. The van der Waals surface area contributed by atoms with Gasteiger partial charge in [-0.05, 0) is 43.8 Å². The highest BCUT2D eigenvalue weighted by atomic mass is 32.1. The second-order valence-corrected chi connectivity index (χ2v) is 8.50. The van der Waals surface area contributed by atoms with Gasteiger partial charge in [-0.2, -0.15) is 0 Å². The summed E-state index contributed by atoms with van der Waals surface area (Å²) in [6, 6.07) is 5.82. The van der Waals surface area contributed by atoms with Crippen LogP contribution in [-0.4, -0.2) is 20.4 Å². The topological polar surface area (TPSA) is 76.9 Å². The molecular formula is C19H18N4O2S2. The minimum Gasteiger partial charge on any atom is -0.347 e. The van der Waals surface area contributed by atoms with E-state index in [1.54, 1.807) is 11.3 Å². The average Bonchev–Trinajstić information content (AvgIpc) is 3.25. The van der Waals surface area contributed by atoms with Crippen molar-refractivity contribution in [3.05, 3.63) is 56.4 Å². The van der Waals surface area contributed by atoms with E-state index in [9.17, 15) is 9.59 Å². The lowest BCUT2D eigenvalue weighted by atomic mass is 10.1. The van der Waals surface area contributed by atoms with Crippen LogP contribution in [0.1, 0.15) is 29.1 Å². The summed E-state index contributed by atoms with van der Waals surface area (Å²) in [6.07, 6.45) is 1.45. The van der Waals surface area contributed by atoms with Crippen LogP contribution >= 0.6 is 22.7 Å². The molecule has 0 saturated heterocycles. The van der Waals surface area contributed by atoms with Gasteiger partial charge in [0, 0.05) is 16.0 Å². The average molecular weight is 399 g/mol. The van der Waals surface area contributed by atoms with Gasteiger partial charge in [0.2, 0.25) is 5.91 Å². The molecule has 27 heavy (non-hydrogen) atoms. The van der Waals surface area contributed by atoms with E-state index in [0.29, 0.717) is 10.2 Å². The van der Waals surface area contributed by atoms with Crippen molar-refractivity contribution >= 4 is 49.0 Å². The zero-order valence-electron chi connectivity index (χ0n) is 15.1. The van der Waals surface area contributed by atoms with Gasteiger partial charge < -0.3 is 5.32 Å². The minimum atomic E-state index is -0.217. The van der Waals surface area contributed by atoms with Gasteiger partial charge >= 0.3 is 0 Å². The predicted octanol–water partition coefficient (Wildman–Crippen LogP) is 3.56. The van der Waals surface area contributed by atoms with Gasteiger partial charge in [-0.1, -0.05) is 6.07 Å². The van der Waals surface area contributed by atoms with Gasteiger partial charge in [-0.25, -0.2) is 9.97 Å². The molecule has 1 atom stereocenters. The first-order valence-electron chi connectivity index (χ1n) is 8.52. The summed E-state index contributed by atoms with van der Waals surface area (Å²) >= 11 is 2.92. The third-order valence-corrected chi connectivity index (χ3v) is 6.52. The van der Waals surface area contributed by atoms with Crippen LogP contribution < -0.4 is 10.9 Å². The Morgan fingerprint density at radius 2 is 2.19 bits per heavy atom. The number of nitrogens with zero attached hydrogens (tertiary/aromatic N) is 3. The zero-order valence-corrected chi connectivity index (χ0v) is 16.8. The number of thiophene rings is 2. The Hall–Kier alpha value is -2.58. The molecular weight excluding hydrogens is 380 g/mol. The molecule has 6 nitrogen and oxygen atoms in total. The van der Waals surface area contributed by atoms with Crippen molar-refractivity contribution in [2.75, 3.05) is 0 Å². The largest absolute Gasteiger partial charge is 0.347 e. The Morgan fingerprint density at radius 1 is 1.37 bits per heavy atom. The molecule has 0 fully saturated rings.